The maximum absolute atomic E-state index is 12.4. The van der Waals surface area contributed by atoms with Gasteiger partial charge in [0.05, 0.1) is 18.9 Å². The molecule has 2 N–H and O–H groups in total. The number of carbonyl (C=O) groups excluding carboxylic acids is 3. The van der Waals surface area contributed by atoms with E-state index in [0.29, 0.717) is 48.9 Å². The molecule has 1 aliphatic rings. The van der Waals surface area contributed by atoms with E-state index in [4.69, 9.17) is 9.47 Å². The monoisotopic (exact) mass is 425 g/mol. The number of hydrogen-bond donors (Lipinski definition) is 2. The molecule has 1 aliphatic heterocycles. The zero-order valence-electron chi connectivity index (χ0n) is 17.8. The highest BCUT2D eigenvalue weighted by Crippen LogP contribution is 2.28. The van der Waals surface area contributed by atoms with Crippen LogP contribution in [-0.2, 0) is 16.0 Å². The lowest BCUT2D eigenvalue weighted by Crippen LogP contribution is -2.50. The van der Waals surface area contributed by atoms with E-state index in [0.717, 1.165) is 5.56 Å². The van der Waals surface area contributed by atoms with E-state index in [1.54, 1.807) is 24.3 Å². The second-order valence-electron chi connectivity index (χ2n) is 6.96. The van der Waals surface area contributed by atoms with E-state index in [1.165, 1.54) is 5.01 Å². The average molecular weight is 425 g/mol. The molecular formula is C23H27N3O5. The Morgan fingerprint density at radius 3 is 2.42 bits per heavy atom. The summed E-state index contributed by atoms with van der Waals surface area (Å²) in [6, 6.07) is 12.3. The highest BCUT2D eigenvalue weighted by molar-refractivity contribution is 6.01. The average Bonchev–Trinajstić information content (AvgIpc) is 2.77. The minimum absolute atomic E-state index is 0.171. The maximum Gasteiger partial charge on any atom is 0.251 e. The zero-order valence-corrected chi connectivity index (χ0v) is 17.8. The first kappa shape index (κ1) is 22.1. The predicted molar refractivity (Wildman–Crippen MR) is 116 cm³/mol. The van der Waals surface area contributed by atoms with Crippen molar-refractivity contribution in [1.82, 2.24) is 10.7 Å². The number of nitrogens with one attached hydrogen (secondary N) is 2. The summed E-state index contributed by atoms with van der Waals surface area (Å²) in [5, 5.41) is 4.11. The van der Waals surface area contributed by atoms with E-state index in [2.05, 4.69) is 10.7 Å². The molecule has 0 atom stereocenters. The topological polar surface area (TPSA) is 97.0 Å². The predicted octanol–water partition coefficient (Wildman–Crippen LogP) is 2.61. The molecule has 31 heavy (non-hydrogen) atoms. The number of benzene rings is 2. The van der Waals surface area contributed by atoms with Crippen molar-refractivity contribution >= 4 is 23.4 Å². The zero-order chi connectivity index (χ0) is 22.2. The molecule has 0 spiro atoms. The third-order valence-corrected chi connectivity index (χ3v) is 4.75. The van der Waals surface area contributed by atoms with Gasteiger partial charge in [-0.3, -0.25) is 19.8 Å². The van der Waals surface area contributed by atoms with E-state index in [1.807, 2.05) is 32.0 Å². The van der Waals surface area contributed by atoms with Crippen molar-refractivity contribution in [1.29, 1.82) is 0 Å². The van der Waals surface area contributed by atoms with Gasteiger partial charge in [-0.2, -0.15) is 0 Å². The van der Waals surface area contributed by atoms with Crippen LogP contribution in [-0.4, -0.2) is 37.5 Å². The Bertz CT molecular complexity index is 943. The van der Waals surface area contributed by atoms with Crippen molar-refractivity contribution in [2.24, 2.45) is 0 Å². The minimum atomic E-state index is -0.212. The van der Waals surface area contributed by atoms with Crippen LogP contribution >= 0.6 is 0 Å². The normalized spacial score (nSPS) is 13.5. The van der Waals surface area contributed by atoms with E-state index in [-0.39, 0.29) is 30.6 Å². The highest BCUT2D eigenvalue weighted by atomic mass is 16.5. The van der Waals surface area contributed by atoms with Crippen LogP contribution in [0.2, 0.25) is 0 Å². The molecule has 0 aliphatic carbocycles. The largest absolute Gasteiger partial charge is 0.490 e. The fourth-order valence-electron chi connectivity index (χ4n) is 3.22. The van der Waals surface area contributed by atoms with Crippen molar-refractivity contribution in [3.05, 3.63) is 53.6 Å². The van der Waals surface area contributed by atoms with Gasteiger partial charge in [0, 0.05) is 24.9 Å². The van der Waals surface area contributed by atoms with Crippen molar-refractivity contribution in [2.45, 2.75) is 33.1 Å². The highest BCUT2D eigenvalue weighted by Gasteiger charge is 2.24. The summed E-state index contributed by atoms with van der Waals surface area (Å²) < 4.78 is 11.2. The molecule has 8 nitrogen and oxygen atoms in total. The van der Waals surface area contributed by atoms with Gasteiger partial charge in [0.2, 0.25) is 11.8 Å². The van der Waals surface area contributed by atoms with Gasteiger partial charge >= 0.3 is 0 Å². The number of anilines is 1. The van der Waals surface area contributed by atoms with Gasteiger partial charge in [0.15, 0.2) is 11.5 Å². The molecule has 1 fully saturated rings. The molecule has 1 heterocycles. The molecule has 3 rings (SSSR count). The molecule has 0 aromatic heterocycles. The van der Waals surface area contributed by atoms with Crippen LogP contribution in [0.25, 0.3) is 0 Å². The second-order valence-corrected chi connectivity index (χ2v) is 6.96. The Morgan fingerprint density at radius 2 is 1.71 bits per heavy atom. The number of amides is 3. The standard InChI is InChI=1S/C23H27N3O5/c1-3-30-19-10-5-16(15-20(19)31-4-2)13-14-24-23(29)17-6-8-18(9-7-17)26-22(28)12-11-21(27)25-26/h5-10,15H,3-4,11-14H2,1-2H3,(H,24,29)(H,25,27). The van der Waals surface area contributed by atoms with Crippen LogP contribution in [0.4, 0.5) is 5.69 Å². The lowest BCUT2D eigenvalue weighted by Gasteiger charge is -2.27. The maximum atomic E-state index is 12.4. The molecule has 0 unspecified atom stereocenters. The minimum Gasteiger partial charge on any atom is -0.490 e. The quantitative estimate of drug-likeness (QED) is 0.644. The number of rotatable bonds is 9. The van der Waals surface area contributed by atoms with Crippen molar-refractivity contribution < 1.29 is 23.9 Å². The Hall–Kier alpha value is -3.55. The summed E-state index contributed by atoms with van der Waals surface area (Å²) >= 11 is 0. The molecule has 0 saturated carbocycles. The van der Waals surface area contributed by atoms with Gasteiger partial charge < -0.3 is 14.8 Å². The fourth-order valence-corrected chi connectivity index (χ4v) is 3.22. The van der Waals surface area contributed by atoms with Gasteiger partial charge in [-0.05, 0) is 62.2 Å². The van der Waals surface area contributed by atoms with Crippen molar-refractivity contribution in [3.63, 3.8) is 0 Å². The Labute approximate surface area is 181 Å². The van der Waals surface area contributed by atoms with Gasteiger partial charge in [-0.15, -0.1) is 0 Å². The Morgan fingerprint density at radius 1 is 1.00 bits per heavy atom. The number of hydrogen-bond acceptors (Lipinski definition) is 5. The smallest absolute Gasteiger partial charge is 0.251 e. The van der Waals surface area contributed by atoms with Crippen LogP contribution in [0.5, 0.6) is 11.5 Å². The SMILES string of the molecule is CCOc1ccc(CCNC(=O)c2ccc(N3NC(=O)CCC3=O)cc2)cc1OCC. The Kier molecular flexibility index (Phi) is 7.48. The molecule has 1 saturated heterocycles. The number of ether oxygens (including phenoxy) is 2. The van der Waals surface area contributed by atoms with Crippen LogP contribution in [0.3, 0.4) is 0 Å². The molecule has 8 heteroatoms. The van der Waals surface area contributed by atoms with Crippen molar-refractivity contribution in [3.8, 4) is 11.5 Å². The molecule has 2 aromatic carbocycles. The third kappa shape index (κ3) is 5.75. The van der Waals surface area contributed by atoms with Gasteiger partial charge in [0.25, 0.3) is 5.91 Å². The summed E-state index contributed by atoms with van der Waals surface area (Å²) in [5.41, 5.74) is 4.56. The summed E-state index contributed by atoms with van der Waals surface area (Å²) in [5.74, 6) is 0.807. The number of carbonyl (C=O) groups is 3. The second kappa shape index (κ2) is 10.5. The number of hydrazine groups is 1. The first-order valence-electron chi connectivity index (χ1n) is 10.4. The fraction of sp³-hybridized carbons (Fsp3) is 0.348. The summed E-state index contributed by atoms with van der Waals surface area (Å²) in [4.78, 5) is 35.9. The third-order valence-electron chi connectivity index (χ3n) is 4.75. The first-order valence-corrected chi connectivity index (χ1v) is 10.4. The summed E-state index contributed by atoms with van der Waals surface area (Å²) in [7, 11) is 0. The van der Waals surface area contributed by atoms with E-state index < -0.39 is 0 Å². The van der Waals surface area contributed by atoms with Crippen LogP contribution < -0.4 is 25.2 Å². The van der Waals surface area contributed by atoms with Gasteiger partial charge in [-0.1, -0.05) is 6.07 Å². The van der Waals surface area contributed by atoms with Crippen molar-refractivity contribution in [2.75, 3.05) is 24.8 Å². The van der Waals surface area contributed by atoms with Gasteiger partial charge in [0.1, 0.15) is 0 Å². The molecule has 164 valence electrons. The Balaban J connectivity index is 1.55. The van der Waals surface area contributed by atoms with E-state index in [9.17, 15) is 14.4 Å². The summed E-state index contributed by atoms with van der Waals surface area (Å²) in [6.45, 7) is 5.41. The van der Waals surface area contributed by atoms with Gasteiger partial charge in [-0.25, -0.2) is 5.01 Å². The molecule has 3 amide bonds. The van der Waals surface area contributed by atoms with Crippen LogP contribution in [0, 0.1) is 0 Å². The molecule has 2 aromatic rings. The molecule has 0 bridgehead atoms. The summed E-state index contributed by atoms with van der Waals surface area (Å²) in [6.07, 6.45) is 1.01. The first-order chi connectivity index (χ1) is 15.0. The van der Waals surface area contributed by atoms with Crippen LogP contribution in [0.1, 0.15) is 42.6 Å². The molecule has 0 radical (unpaired) electrons. The molecular weight excluding hydrogens is 398 g/mol. The lowest BCUT2D eigenvalue weighted by atomic mass is 10.1. The van der Waals surface area contributed by atoms with Crippen LogP contribution in [0.15, 0.2) is 42.5 Å². The number of nitrogens with zero attached hydrogens (tertiary/aromatic N) is 1. The lowest BCUT2D eigenvalue weighted by molar-refractivity contribution is -0.130. The van der Waals surface area contributed by atoms with E-state index >= 15 is 0 Å².